The third-order valence-corrected chi connectivity index (χ3v) is 6.07. The van der Waals surface area contributed by atoms with Crippen molar-refractivity contribution >= 4 is 27.5 Å². The van der Waals surface area contributed by atoms with E-state index in [0.717, 1.165) is 53.0 Å². The molecule has 0 aliphatic rings. The molecule has 5 aromatic rings. The van der Waals surface area contributed by atoms with Gasteiger partial charge in [0.15, 0.2) is 5.82 Å². The molecule has 0 saturated heterocycles. The zero-order chi connectivity index (χ0) is 25.2. The first-order valence-corrected chi connectivity index (χ1v) is 12.6. The van der Waals surface area contributed by atoms with E-state index in [1.54, 1.807) is 24.7 Å². The quantitative estimate of drug-likeness (QED) is 0.179. The number of anilines is 1. The summed E-state index contributed by atoms with van der Waals surface area (Å²) in [7, 11) is 0. The van der Waals surface area contributed by atoms with Gasteiger partial charge >= 0.3 is 0 Å². The number of thiazole rings is 1. The molecule has 5 heterocycles. The molecule has 0 spiro atoms. The molecule has 0 fully saturated rings. The van der Waals surface area contributed by atoms with Crippen LogP contribution >= 0.6 is 11.3 Å². The molecule has 196 valence electrons. The Morgan fingerprint density at radius 3 is 2.59 bits per heavy atom. The average molecular weight is 611 g/mol. The summed E-state index contributed by atoms with van der Waals surface area (Å²) >= 11 is 1.53. The van der Waals surface area contributed by atoms with Crippen LogP contribution in [0.15, 0.2) is 55.2 Å². The Bertz CT molecular complexity index is 1380. The summed E-state index contributed by atoms with van der Waals surface area (Å²) in [6.07, 6.45) is 8.05. The van der Waals surface area contributed by atoms with Gasteiger partial charge in [-0.15, -0.1) is 0 Å². The third kappa shape index (κ3) is 7.66. The molecule has 0 aliphatic carbocycles. The summed E-state index contributed by atoms with van der Waals surface area (Å²) in [5.74, 6) is 1.01. The average Bonchev–Trinajstić information content (AvgIpc) is 3.57. The maximum Gasteiger partial charge on any atom is 0.157 e. The van der Waals surface area contributed by atoms with Crippen LogP contribution in [0.25, 0.3) is 21.7 Å². The molecule has 0 atom stereocenters. The molecular formula is C25H27FN9PdS-. The van der Waals surface area contributed by atoms with Crippen LogP contribution in [-0.2, 0) is 39.8 Å². The van der Waals surface area contributed by atoms with Crippen molar-refractivity contribution in [2.24, 2.45) is 0 Å². The number of rotatable bonds is 10. The molecule has 12 heteroatoms. The number of fused-ring (bicyclic) bond motifs is 1. The summed E-state index contributed by atoms with van der Waals surface area (Å²) in [4.78, 5) is 31.4. The number of nitrogens with zero attached hydrogens (tertiary/aromatic N) is 7. The minimum absolute atomic E-state index is 0. The van der Waals surface area contributed by atoms with Gasteiger partial charge in [0, 0.05) is 45.8 Å². The number of halogens is 1. The van der Waals surface area contributed by atoms with Crippen LogP contribution in [0.4, 0.5) is 10.2 Å². The molecule has 0 amide bonds. The topological polar surface area (TPSA) is 116 Å². The zero-order valence-corrected chi connectivity index (χ0v) is 22.8. The van der Waals surface area contributed by atoms with Crippen molar-refractivity contribution in [1.82, 2.24) is 40.2 Å². The summed E-state index contributed by atoms with van der Waals surface area (Å²) < 4.78 is 13.8. The van der Waals surface area contributed by atoms with Gasteiger partial charge in [0.05, 0.1) is 22.9 Å². The number of nitrogens with one attached hydrogen (secondary N) is 2. The molecule has 37 heavy (non-hydrogen) atoms. The minimum Gasteiger partial charge on any atom is -0.446 e. The normalized spacial score (nSPS) is 10.5. The molecule has 2 N–H and O–H groups in total. The van der Waals surface area contributed by atoms with Gasteiger partial charge in [-0.05, 0) is 42.9 Å². The van der Waals surface area contributed by atoms with E-state index < -0.39 is 0 Å². The van der Waals surface area contributed by atoms with E-state index in [4.69, 9.17) is 0 Å². The van der Waals surface area contributed by atoms with Crippen molar-refractivity contribution in [2.45, 2.75) is 33.2 Å². The maximum atomic E-state index is 13.8. The van der Waals surface area contributed by atoms with Crippen LogP contribution in [0.1, 0.15) is 30.4 Å². The van der Waals surface area contributed by atoms with E-state index >= 15 is 0 Å². The third-order valence-electron chi connectivity index (χ3n) is 5.05. The predicted octanol–water partition coefficient (Wildman–Crippen LogP) is 4.05. The first-order valence-electron chi connectivity index (χ1n) is 11.8. The van der Waals surface area contributed by atoms with Gasteiger partial charge in [-0.25, -0.2) is 19.3 Å². The molecule has 0 unspecified atom stereocenters. The fourth-order valence-electron chi connectivity index (χ4n) is 3.36. The molecule has 0 bridgehead atoms. The van der Waals surface area contributed by atoms with Gasteiger partial charge < -0.3 is 20.6 Å². The van der Waals surface area contributed by atoms with E-state index in [1.807, 2.05) is 32.0 Å². The van der Waals surface area contributed by atoms with Crippen molar-refractivity contribution in [3.05, 3.63) is 77.6 Å². The van der Waals surface area contributed by atoms with Crippen molar-refractivity contribution in [2.75, 3.05) is 18.4 Å². The van der Waals surface area contributed by atoms with Gasteiger partial charge in [-0.2, -0.15) is 0 Å². The molecular weight excluding hydrogens is 584 g/mol. The standard InChI is InChI=1S/C23H21FN9S.C2H6.Pd/c24-15-4-3-9-27-17(15)12-29-22-21-23(31-14-30-22)34-20(33-21)7-11-25-10-6-19-28-13-18(32-19)16-5-1-2-8-26-16;1-2;/h1-5,8-9,13-14,25H,6-7,10-12H2,(H-,28,29,30,31,32);1-2H3;/q-1;;. The van der Waals surface area contributed by atoms with Crippen molar-refractivity contribution in [3.8, 4) is 11.4 Å². The Labute approximate surface area is 232 Å². The van der Waals surface area contributed by atoms with E-state index in [2.05, 4.69) is 45.5 Å². The molecule has 0 aromatic carbocycles. The monoisotopic (exact) mass is 610 g/mol. The Kier molecular flexibility index (Phi) is 11.2. The Morgan fingerprint density at radius 1 is 0.946 bits per heavy atom. The molecule has 0 radical (unpaired) electrons. The van der Waals surface area contributed by atoms with E-state index in [9.17, 15) is 4.39 Å². The van der Waals surface area contributed by atoms with E-state index in [1.165, 1.54) is 23.7 Å². The summed E-state index contributed by atoms with van der Waals surface area (Å²) in [6.45, 7) is 5.75. The van der Waals surface area contributed by atoms with Gasteiger partial charge in [-0.1, -0.05) is 43.3 Å². The number of aromatic nitrogens is 7. The van der Waals surface area contributed by atoms with Gasteiger partial charge in [0.25, 0.3) is 0 Å². The number of hydrogen-bond donors (Lipinski definition) is 2. The van der Waals surface area contributed by atoms with Crippen LogP contribution in [0.2, 0.25) is 0 Å². The largest absolute Gasteiger partial charge is 0.446 e. The van der Waals surface area contributed by atoms with E-state index in [0.29, 0.717) is 17.0 Å². The Morgan fingerprint density at radius 2 is 1.78 bits per heavy atom. The second kappa shape index (κ2) is 14.5. The first kappa shape index (κ1) is 28.4. The minimum atomic E-state index is -0.356. The second-order valence-electron chi connectivity index (χ2n) is 7.41. The molecule has 5 aromatic heterocycles. The first-order chi connectivity index (χ1) is 17.8. The molecule has 0 saturated carbocycles. The fourth-order valence-corrected chi connectivity index (χ4v) is 4.26. The zero-order valence-electron chi connectivity index (χ0n) is 20.5. The number of imidazole rings is 1. The van der Waals surface area contributed by atoms with Crippen LogP contribution in [-0.4, -0.2) is 43.0 Å². The summed E-state index contributed by atoms with van der Waals surface area (Å²) in [5, 5.41) is 7.49. The predicted molar refractivity (Wildman–Crippen MR) is 139 cm³/mol. The fraction of sp³-hybridized carbons (Fsp3) is 0.280. The Hall–Kier alpha value is -3.17. The number of pyridine rings is 2. The van der Waals surface area contributed by atoms with Gasteiger partial charge in [0.2, 0.25) is 0 Å². The second-order valence-corrected chi connectivity index (χ2v) is 8.47. The summed E-state index contributed by atoms with van der Waals surface area (Å²) in [6, 6.07) is 8.69. The number of hydrogen-bond acceptors (Lipinski definition) is 9. The van der Waals surface area contributed by atoms with Crippen LogP contribution in [0, 0.1) is 5.82 Å². The van der Waals surface area contributed by atoms with Crippen LogP contribution < -0.4 is 15.6 Å². The smallest absolute Gasteiger partial charge is 0.157 e. The van der Waals surface area contributed by atoms with Crippen molar-refractivity contribution < 1.29 is 24.8 Å². The van der Waals surface area contributed by atoms with Crippen molar-refractivity contribution in [3.63, 3.8) is 0 Å². The van der Waals surface area contributed by atoms with Gasteiger partial charge in [0.1, 0.15) is 22.5 Å². The summed E-state index contributed by atoms with van der Waals surface area (Å²) in [5.41, 5.74) is 2.63. The van der Waals surface area contributed by atoms with E-state index in [-0.39, 0.29) is 32.8 Å². The molecule has 5 rings (SSSR count). The van der Waals surface area contributed by atoms with Crippen molar-refractivity contribution in [1.29, 1.82) is 0 Å². The maximum absolute atomic E-state index is 13.8. The molecule has 0 aliphatic heterocycles. The van der Waals surface area contributed by atoms with Crippen LogP contribution in [0.3, 0.4) is 0 Å². The van der Waals surface area contributed by atoms with Gasteiger partial charge in [-0.3, -0.25) is 9.97 Å². The van der Waals surface area contributed by atoms with Crippen LogP contribution in [0.5, 0.6) is 0 Å². The SMILES string of the molecule is CC.Fc1cccnc1CNc1ncnc2sc(CCNCCc3ncc(-c4ccccn4)[n-]3)nc12.[Pd]. The Balaban J connectivity index is 0.00000124. The molecule has 9 nitrogen and oxygen atoms in total.